The first-order chi connectivity index (χ1) is 5.88. The Labute approximate surface area is 94.1 Å². The van der Waals surface area contributed by atoms with Crippen LogP contribution in [0.2, 0.25) is 0 Å². The van der Waals surface area contributed by atoms with Gasteiger partial charge in [0.05, 0.1) is 46.4 Å². The second-order valence-electron chi connectivity index (χ2n) is 1.86. The van der Waals surface area contributed by atoms with Crippen LogP contribution in [-0.2, 0) is 4.18 Å². The van der Waals surface area contributed by atoms with Crippen molar-refractivity contribution in [3.63, 3.8) is 0 Å². The zero-order valence-corrected chi connectivity index (χ0v) is 10.3. The lowest BCUT2D eigenvalue weighted by Gasteiger charge is -1.99. The largest absolute Gasteiger partial charge is 0.309 e. The molecule has 12 heavy (non-hydrogen) atoms. The molecule has 1 rings (SSSR count). The molecular weight excluding hydrogens is 305 g/mol. The van der Waals surface area contributed by atoms with Gasteiger partial charge in [0.15, 0.2) is 0 Å². The van der Waals surface area contributed by atoms with Crippen molar-refractivity contribution in [1.29, 1.82) is 0 Å². The number of halogens is 1. The quantitative estimate of drug-likeness (QED) is 0.368. The van der Waals surface area contributed by atoms with Crippen LogP contribution in [0.25, 0.3) is 0 Å². The van der Waals surface area contributed by atoms with E-state index in [2.05, 4.69) is 3.21 Å². The van der Waals surface area contributed by atoms with Crippen molar-refractivity contribution >= 4 is 51.3 Å². The summed E-state index contributed by atoms with van der Waals surface area (Å²) in [5.41, 5.74) is 0. The highest BCUT2D eigenvalue weighted by Gasteiger charge is 2.04. The maximum Gasteiger partial charge on any atom is 0.147 e. The van der Waals surface area contributed by atoms with Gasteiger partial charge in [-0.15, -0.1) is 11.3 Å². The monoisotopic (exact) mass is 313 g/mol. The summed E-state index contributed by atoms with van der Waals surface area (Å²) >= 11 is 4.99. The third kappa shape index (κ3) is 3.04. The van der Waals surface area contributed by atoms with Crippen LogP contribution in [0.5, 0.6) is 0 Å². The Balaban J connectivity index is 2.59. The zero-order valence-electron chi connectivity index (χ0n) is 6.49. The van der Waals surface area contributed by atoms with Gasteiger partial charge < -0.3 is 4.18 Å². The van der Waals surface area contributed by atoms with Crippen LogP contribution in [-0.4, -0.2) is 11.7 Å². The van der Waals surface area contributed by atoms with Crippen LogP contribution in [0.15, 0.2) is 20.7 Å². The minimum Gasteiger partial charge on any atom is -0.309 e. The second kappa shape index (κ2) is 5.95. The minimum absolute atomic E-state index is 0.700. The molecule has 0 aromatic carbocycles. The average Bonchev–Trinajstić information content (AvgIpc) is 2.59. The fourth-order valence-corrected chi connectivity index (χ4v) is 2.54. The third-order valence-corrected chi connectivity index (χ3v) is 3.70. The molecule has 0 saturated carbocycles. The summed E-state index contributed by atoms with van der Waals surface area (Å²) in [6.45, 7) is 2.66. The molecular formula is C7H8INOS2. The highest BCUT2D eigenvalue weighted by molar-refractivity contribution is 14.1. The van der Waals surface area contributed by atoms with E-state index in [9.17, 15) is 0 Å². The highest BCUT2D eigenvalue weighted by Crippen LogP contribution is 2.20. The topological polar surface area (TPSA) is 21.6 Å². The molecule has 0 atom stereocenters. The number of hydrogen-bond acceptors (Lipinski definition) is 4. The first-order valence-electron chi connectivity index (χ1n) is 3.40. The van der Waals surface area contributed by atoms with E-state index in [0.717, 1.165) is 9.92 Å². The summed E-state index contributed by atoms with van der Waals surface area (Å²) in [7, 11) is 0. The van der Waals surface area contributed by atoms with E-state index >= 15 is 0 Å². The van der Waals surface area contributed by atoms with Gasteiger partial charge in [0, 0.05) is 0 Å². The van der Waals surface area contributed by atoms with Gasteiger partial charge in [0.1, 0.15) is 5.04 Å². The molecule has 0 unspecified atom stereocenters. The van der Waals surface area contributed by atoms with E-state index in [1.165, 1.54) is 12.0 Å². The van der Waals surface area contributed by atoms with E-state index in [1.807, 2.05) is 47.3 Å². The highest BCUT2D eigenvalue weighted by atomic mass is 127. The van der Waals surface area contributed by atoms with Crippen molar-refractivity contribution in [2.75, 3.05) is 6.61 Å². The second-order valence-corrected chi connectivity index (χ2v) is 4.08. The maximum absolute atomic E-state index is 5.20. The minimum atomic E-state index is 0.700. The van der Waals surface area contributed by atoms with Gasteiger partial charge in [-0.1, -0.05) is 6.07 Å². The molecule has 1 aromatic heterocycles. The average molecular weight is 313 g/mol. The van der Waals surface area contributed by atoms with Gasteiger partial charge in [0.25, 0.3) is 0 Å². The van der Waals surface area contributed by atoms with Crippen molar-refractivity contribution in [3.05, 3.63) is 22.4 Å². The summed E-state index contributed by atoms with van der Waals surface area (Å²) in [6.07, 6.45) is 0. The lowest BCUT2D eigenvalue weighted by molar-refractivity contribution is 0.406. The molecule has 0 fully saturated rings. The van der Waals surface area contributed by atoms with E-state index in [1.54, 1.807) is 11.3 Å². The van der Waals surface area contributed by atoms with Gasteiger partial charge in [-0.2, -0.15) is 0 Å². The van der Waals surface area contributed by atoms with E-state index in [4.69, 9.17) is 4.18 Å². The van der Waals surface area contributed by atoms with Gasteiger partial charge in [-0.3, -0.25) is 0 Å². The molecule has 0 radical (unpaired) electrons. The summed E-state index contributed by atoms with van der Waals surface area (Å²) in [5.74, 6) is 0. The summed E-state index contributed by atoms with van der Waals surface area (Å²) in [5, 5.41) is 2.97. The Bertz CT molecular complexity index is 248. The Morgan fingerprint density at radius 1 is 1.83 bits per heavy atom. The molecule has 0 saturated heterocycles. The van der Waals surface area contributed by atoms with Gasteiger partial charge in [0.2, 0.25) is 0 Å². The fourth-order valence-electron chi connectivity index (χ4n) is 0.612. The van der Waals surface area contributed by atoms with Crippen molar-refractivity contribution < 1.29 is 4.18 Å². The van der Waals surface area contributed by atoms with Crippen molar-refractivity contribution in [1.82, 2.24) is 0 Å². The molecule has 0 spiro atoms. The summed E-state index contributed by atoms with van der Waals surface area (Å²) in [4.78, 5) is 1.16. The molecule has 0 bridgehead atoms. The van der Waals surface area contributed by atoms with Crippen molar-refractivity contribution in [2.24, 2.45) is 3.21 Å². The van der Waals surface area contributed by atoms with Crippen LogP contribution in [0, 0.1) is 0 Å². The molecule has 1 heterocycles. The van der Waals surface area contributed by atoms with Crippen LogP contribution in [0.1, 0.15) is 11.8 Å². The van der Waals surface area contributed by atoms with Gasteiger partial charge >= 0.3 is 0 Å². The van der Waals surface area contributed by atoms with Crippen LogP contribution in [0.4, 0.5) is 0 Å². The predicted octanol–water partition coefficient (Wildman–Crippen LogP) is 3.53. The Kier molecular flexibility index (Phi) is 5.21. The standard InChI is InChI=1S/C7H8INOS2/c1-2-10-12-7(9-8)6-4-3-5-11-6/h3-5H,2H2,1H3. The Morgan fingerprint density at radius 3 is 3.17 bits per heavy atom. The molecule has 2 nitrogen and oxygen atoms in total. The molecule has 0 amide bonds. The molecule has 0 N–H and O–H groups in total. The number of thiophene rings is 1. The normalized spacial score (nSPS) is 12.0. The van der Waals surface area contributed by atoms with E-state index < -0.39 is 0 Å². The fraction of sp³-hybridized carbons (Fsp3) is 0.286. The maximum atomic E-state index is 5.20. The molecule has 5 heteroatoms. The van der Waals surface area contributed by atoms with Gasteiger partial charge in [-0.05, 0) is 18.4 Å². The van der Waals surface area contributed by atoms with Crippen LogP contribution >= 0.6 is 46.2 Å². The molecule has 1 aromatic rings. The van der Waals surface area contributed by atoms with Gasteiger partial charge in [-0.25, -0.2) is 3.21 Å². The molecule has 66 valence electrons. The molecule has 0 aliphatic rings. The molecule has 0 aliphatic carbocycles. The first kappa shape index (κ1) is 10.5. The zero-order chi connectivity index (χ0) is 8.81. The SMILES string of the molecule is CCOSC(=NI)c1cccs1. The molecule has 0 aliphatic heterocycles. The van der Waals surface area contributed by atoms with Crippen LogP contribution in [0.3, 0.4) is 0 Å². The first-order valence-corrected chi connectivity index (χ1v) is 5.99. The lowest BCUT2D eigenvalue weighted by Crippen LogP contribution is -1.91. The summed E-state index contributed by atoms with van der Waals surface area (Å²) < 4.78 is 9.30. The Hall–Kier alpha value is 0.410. The Morgan fingerprint density at radius 2 is 2.67 bits per heavy atom. The number of nitrogens with zero attached hydrogens (tertiary/aromatic N) is 1. The predicted molar refractivity (Wildman–Crippen MR) is 64.1 cm³/mol. The lowest BCUT2D eigenvalue weighted by atomic mass is 10.5. The van der Waals surface area contributed by atoms with Crippen molar-refractivity contribution in [2.45, 2.75) is 6.92 Å². The van der Waals surface area contributed by atoms with E-state index in [-0.39, 0.29) is 0 Å². The third-order valence-electron chi connectivity index (χ3n) is 1.06. The number of rotatable bonds is 3. The smallest absolute Gasteiger partial charge is 0.147 e. The number of hydrogen-bond donors (Lipinski definition) is 0. The van der Waals surface area contributed by atoms with Crippen molar-refractivity contribution in [3.8, 4) is 0 Å². The van der Waals surface area contributed by atoms with E-state index in [0.29, 0.717) is 6.61 Å². The summed E-state index contributed by atoms with van der Waals surface area (Å²) in [6, 6.07) is 4.04. The van der Waals surface area contributed by atoms with Crippen LogP contribution < -0.4 is 0 Å².